The highest BCUT2D eigenvalue weighted by atomic mass is 16.5. The lowest BCUT2D eigenvalue weighted by Gasteiger charge is -2.31. The number of hydrogen-bond acceptors (Lipinski definition) is 5. The van der Waals surface area contributed by atoms with Gasteiger partial charge < -0.3 is 15.2 Å². The summed E-state index contributed by atoms with van der Waals surface area (Å²) in [5, 5.41) is 1.87. The second-order valence-electron chi connectivity index (χ2n) is 8.35. The molecular weight excluding hydrogens is 354 g/mol. The number of benzene rings is 1. The summed E-state index contributed by atoms with van der Waals surface area (Å²) in [6.45, 7) is 5.98. The zero-order chi connectivity index (χ0) is 19.7. The first-order chi connectivity index (χ1) is 13.5. The van der Waals surface area contributed by atoms with Gasteiger partial charge in [-0.25, -0.2) is 0 Å². The summed E-state index contributed by atoms with van der Waals surface area (Å²) >= 11 is 0. The van der Waals surface area contributed by atoms with Crippen LogP contribution in [0.5, 0.6) is 11.5 Å². The van der Waals surface area contributed by atoms with Crippen molar-refractivity contribution in [2.45, 2.75) is 39.2 Å². The monoisotopic (exact) mass is 383 g/mol. The second kappa shape index (κ2) is 7.87. The number of nitrogens with two attached hydrogens (primary N) is 1. The Hall–Kier alpha value is -2.47. The number of amides is 1. The number of hydrazine groups is 1. The lowest BCUT2D eigenvalue weighted by atomic mass is 9.95. The van der Waals surface area contributed by atoms with Crippen molar-refractivity contribution in [2.75, 3.05) is 19.8 Å². The molecule has 28 heavy (non-hydrogen) atoms. The van der Waals surface area contributed by atoms with Crippen molar-refractivity contribution in [1.29, 1.82) is 0 Å². The molecule has 1 aliphatic carbocycles. The van der Waals surface area contributed by atoms with Gasteiger partial charge in [0.2, 0.25) is 5.91 Å². The summed E-state index contributed by atoms with van der Waals surface area (Å²) in [6, 6.07) is 5.96. The fourth-order valence-corrected chi connectivity index (χ4v) is 3.65. The Labute approximate surface area is 166 Å². The number of nitrogens with zero attached hydrogens (tertiary/aromatic N) is 1. The van der Waals surface area contributed by atoms with Crippen LogP contribution in [0.3, 0.4) is 0 Å². The van der Waals surface area contributed by atoms with Gasteiger partial charge in [0.1, 0.15) is 24.7 Å². The van der Waals surface area contributed by atoms with Gasteiger partial charge in [0.05, 0.1) is 6.54 Å². The maximum atomic E-state index is 12.1. The molecule has 6 nitrogen and oxygen atoms in total. The van der Waals surface area contributed by atoms with Gasteiger partial charge in [0.25, 0.3) is 0 Å². The van der Waals surface area contributed by atoms with Crippen LogP contribution in [0.4, 0.5) is 0 Å². The van der Waals surface area contributed by atoms with Gasteiger partial charge >= 0.3 is 0 Å². The Balaban J connectivity index is 1.42. The fourth-order valence-electron chi connectivity index (χ4n) is 3.65. The first-order valence-corrected chi connectivity index (χ1v) is 10.1. The van der Waals surface area contributed by atoms with E-state index in [0.29, 0.717) is 25.7 Å². The van der Waals surface area contributed by atoms with Crippen LogP contribution in [-0.4, -0.2) is 36.7 Å². The van der Waals surface area contributed by atoms with E-state index >= 15 is 0 Å². The molecule has 6 heteroatoms. The van der Waals surface area contributed by atoms with Crippen LogP contribution in [0.1, 0.15) is 38.7 Å². The van der Waals surface area contributed by atoms with Gasteiger partial charge in [-0.15, -0.1) is 0 Å². The predicted molar refractivity (Wildman–Crippen MR) is 108 cm³/mol. The molecule has 2 aliphatic heterocycles. The van der Waals surface area contributed by atoms with E-state index in [1.165, 1.54) is 5.57 Å². The standard InChI is InChI=1S/C22H29N3O3/c1-14(2)9-17(23)13-27-18-5-6-19-20-11-25(24-22(26)15-3-4-15)8-7-16(20)12-28-21(19)10-18/h5-8,10,14-15,17H,3-4,9,11-13,23H2,1-2H3,(H,24,26). The third kappa shape index (κ3) is 4.33. The van der Waals surface area contributed by atoms with Crippen molar-refractivity contribution in [2.24, 2.45) is 17.6 Å². The van der Waals surface area contributed by atoms with Gasteiger partial charge in [-0.05, 0) is 54.5 Å². The summed E-state index contributed by atoms with van der Waals surface area (Å²) in [4.78, 5) is 12.1. The molecule has 0 saturated heterocycles. The number of hydrogen-bond donors (Lipinski definition) is 2. The van der Waals surface area contributed by atoms with Crippen LogP contribution in [-0.2, 0) is 4.79 Å². The Bertz CT molecular complexity index is 811. The van der Waals surface area contributed by atoms with Crippen LogP contribution < -0.4 is 20.6 Å². The number of carbonyl (C=O) groups excluding carboxylic acids is 1. The normalized spacial score (nSPS) is 19.1. The number of rotatable bonds is 7. The largest absolute Gasteiger partial charge is 0.492 e. The van der Waals surface area contributed by atoms with E-state index in [1.807, 2.05) is 35.5 Å². The molecule has 1 saturated carbocycles. The summed E-state index contributed by atoms with van der Waals surface area (Å²) in [7, 11) is 0. The molecule has 1 unspecified atom stereocenters. The molecule has 150 valence electrons. The minimum Gasteiger partial charge on any atom is -0.492 e. The van der Waals surface area contributed by atoms with E-state index in [9.17, 15) is 4.79 Å². The smallest absolute Gasteiger partial charge is 0.241 e. The van der Waals surface area contributed by atoms with Crippen molar-refractivity contribution in [3.63, 3.8) is 0 Å². The summed E-state index contributed by atoms with van der Waals surface area (Å²) < 4.78 is 11.8. The highest BCUT2D eigenvalue weighted by molar-refractivity contribution is 5.82. The molecule has 0 spiro atoms. The SMILES string of the molecule is CC(C)CC(N)COc1ccc2c(c1)OCC1=C2CN(NC(=O)C2CC2)C=C1. The van der Waals surface area contributed by atoms with E-state index in [2.05, 4.69) is 19.3 Å². The summed E-state index contributed by atoms with van der Waals surface area (Å²) in [5.41, 5.74) is 12.5. The molecule has 1 atom stereocenters. The number of fused-ring (bicyclic) bond motifs is 2. The first-order valence-electron chi connectivity index (χ1n) is 10.1. The maximum absolute atomic E-state index is 12.1. The van der Waals surface area contributed by atoms with Crippen molar-refractivity contribution in [1.82, 2.24) is 10.4 Å². The summed E-state index contributed by atoms with van der Waals surface area (Å²) in [6.07, 6.45) is 6.87. The number of carbonyl (C=O) groups is 1. The van der Waals surface area contributed by atoms with Crippen molar-refractivity contribution in [3.8, 4) is 11.5 Å². The van der Waals surface area contributed by atoms with Gasteiger partial charge in [0.15, 0.2) is 0 Å². The molecule has 4 rings (SSSR count). The average molecular weight is 383 g/mol. The minimum atomic E-state index is 0.0263. The molecule has 1 fully saturated rings. The zero-order valence-electron chi connectivity index (χ0n) is 16.6. The van der Waals surface area contributed by atoms with Crippen LogP contribution in [0.2, 0.25) is 0 Å². The Morgan fingerprint density at radius 3 is 2.96 bits per heavy atom. The molecule has 0 radical (unpaired) electrons. The third-order valence-corrected chi connectivity index (χ3v) is 5.27. The molecule has 0 aromatic heterocycles. The lowest BCUT2D eigenvalue weighted by molar-refractivity contribution is -0.125. The van der Waals surface area contributed by atoms with Crippen molar-refractivity contribution >= 4 is 11.5 Å². The molecule has 3 N–H and O–H groups in total. The Kier molecular flexibility index (Phi) is 5.31. The molecule has 3 aliphatic rings. The van der Waals surface area contributed by atoms with Crippen LogP contribution >= 0.6 is 0 Å². The Morgan fingerprint density at radius 2 is 2.21 bits per heavy atom. The second-order valence-corrected chi connectivity index (χ2v) is 8.35. The molecule has 1 aromatic carbocycles. The van der Waals surface area contributed by atoms with E-state index in [4.69, 9.17) is 15.2 Å². The minimum absolute atomic E-state index is 0.0263. The molecule has 2 heterocycles. The van der Waals surface area contributed by atoms with Crippen molar-refractivity contribution in [3.05, 3.63) is 41.6 Å². The molecule has 0 bridgehead atoms. The number of ether oxygens (including phenoxy) is 2. The van der Waals surface area contributed by atoms with Gasteiger partial charge in [-0.1, -0.05) is 13.8 Å². The molecule has 1 aromatic rings. The topological polar surface area (TPSA) is 76.8 Å². The third-order valence-electron chi connectivity index (χ3n) is 5.27. The van der Waals surface area contributed by atoms with Gasteiger partial charge in [-0.3, -0.25) is 15.2 Å². The highest BCUT2D eigenvalue weighted by Gasteiger charge is 2.31. The van der Waals surface area contributed by atoms with Crippen LogP contribution in [0.25, 0.3) is 5.57 Å². The zero-order valence-corrected chi connectivity index (χ0v) is 16.6. The van der Waals surface area contributed by atoms with Gasteiger partial charge in [0, 0.05) is 29.8 Å². The van der Waals surface area contributed by atoms with Gasteiger partial charge in [-0.2, -0.15) is 0 Å². The average Bonchev–Trinajstić information content (AvgIpc) is 3.51. The molecular formula is C22H29N3O3. The number of nitrogens with one attached hydrogen (secondary N) is 1. The van der Waals surface area contributed by atoms with Crippen LogP contribution in [0.15, 0.2) is 36.0 Å². The predicted octanol–water partition coefficient (Wildman–Crippen LogP) is 2.86. The molecule has 1 amide bonds. The lowest BCUT2D eigenvalue weighted by Crippen LogP contribution is -2.42. The Morgan fingerprint density at radius 1 is 1.39 bits per heavy atom. The van der Waals surface area contributed by atoms with E-state index < -0.39 is 0 Å². The summed E-state index contributed by atoms with van der Waals surface area (Å²) in [5.74, 6) is 2.44. The van der Waals surface area contributed by atoms with Crippen LogP contribution in [0, 0.1) is 11.8 Å². The van der Waals surface area contributed by atoms with E-state index in [1.54, 1.807) is 0 Å². The fraction of sp³-hybridized carbons (Fsp3) is 0.500. The van der Waals surface area contributed by atoms with E-state index in [0.717, 1.165) is 41.9 Å². The quantitative estimate of drug-likeness (QED) is 0.757. The van der Waals surface area contributed by atoms with E-state index in [-0.39, 0.29) is 17.9 Å². The highest BCUT2D eigenvalue weighted by Crippen LogP contribution is 2.38. The van der Waals surface area contributed by atoms with Crippen molar-refractivity contribution < 1.29 is 14.3 Å². The maximum Gasteiger partial charge on any atom is 0.241 e. The first kappa shape index (κ1) is 18.9.